The van der Waals surface area contributed by atoms with E-state index < -0.39 is 42.6 Å². The number of carbonyl (C=O) groups excluding carboxylic acids is 3. The first-order chi connectivity index (χ1) is 8.81. The standard InChI is InChI=1S/C11H15FO7/c1-5(13)16-4-8-10(17-6(2)14)9(12)11(19-8)18-7(3)15/h8-11H,4H2,1-3H3/t8-,9+,10-,11-/m1/s1. The summed E-state index contributed by atoms with van der Waals surface area (Å²) in [5.74, 6) is -2.04. The second kappa shape index (κ2) is 6.46. The average molecular weight is 278 g/mol. The first-order valence-corrected chi connectivity index (χ1v) is 5.58. The monoisotopic (exact) mass is 278 g/mol. The van der Waals surface area contributed by atoms with Crippen LogP contribution in [0.15, 0.2) is 0 Å². The van der Waals surface area contributed by atoms with Crippen molar-refractivity contribution in [2.45, 2.75) is 45.4 Å². The van der Waals surface area contributed by atoms with Gasteiger partial charge in [-0.05, 0) is 0 Å². The molecule has 0 spiro atoms. The van der Waals surface area contributed by atoms with Crippen molar-refractivity contribution >= 4 is 17.9 Å². The summed E-state index contributed by atoms with van der Waals surface area (Å²) in [7, 11) is 0. The maximum absolute atomic E-state index is 13.9. The number of hydrogen-bond acceptors (Lipinski definition) is 7. The minimum absolute atomic E-state index is 0.300. The molecule has 0 radical (unpaired) electrons. The number of alkyl halides is 1. The van der Waals surface area contributed by atoms with Gasteiger partial charge >= 0.3 is 17.9 Å². The Morgan fingerprint density at radius 3 is 2.11 bits per heavy atom. The van der Waals surface area contributed by atoms with E-state index in [4.69, 9.17) is 9.47 Å². The second-order valence-electron chi connectivity index (χ2n) is 3.97. The Labute approximate surface area is 108 Å². The van der Waals surface area contributed by atoms with E-state index in [-0.39, 0.29) is 6.61 Å². The molecule has 0 saturated carbocycles. The summed E-state index contributed by atoms with van der Waals surface area (Å²) >= 11 is 0. The van der Waals surface area contributed by atoms with Gasteiger partial charge in [0, 0.05) is 20.8 Å². The van der Waals surface area contributed by atoms with Gasteiger partial charge in [-0.1, -0.05) is 0 Å². The molecule has 8 heteroatoms. The molecule has 1 aliphatic rings. The van der Waals surface area contributed by atoms with Crippen LogP contribution in [0.5, 0.6) is 0 Å². The van der Waals surface area contributed by atoms with E-state index >= 15 is 0 Å². The quantitative estimate of drug-likeness (QED) is 0.532. The number of ether oxygens (including phenoxy) is 4. The fraction of sp³-hybridized carbons (Fsp3) is 0.727. The second-order valence-corrected chi connectivity index (χ2v) is 3.97. The largest absolute Gasteiger partial charge is 0.463 e. The van der Waals surface area contributed by atoms with E-state index in [1.165, 1.54) is 6.92 Å². The molecule has 1 fully saturated rings. The molecule has 1 rings (SSSR count). The van der Waals surface area contributed by atoms with Crippen molar-refractivity contribution < 1.29 is 37.7 Å². The molecule has 0 unspecified atom stereocenters. The van der Waals surface area contributed by atoms with Gasteiger partial charge in [0.2, 0.25) is 12.5 Å². The summed E-state index contributed by atoms with van der Waals surface area (Å²) in [6.07, 6.45) is -5.64. The molecule has 19 heavy (non-hydrogen) atoms. The van der Waals surface area contributed by atoms with E-state index in [1.807, 2.05) is 0 Å². The summed E-state index contributed by atoms with van der Waals surface area (Å²) < 4.78 is 33.0. The molecule has 4 atom stereocenters. The van der Waals surface area contributed by atoms with Crippen LogP contribution in [-0.4, -0.2) is 49.2 Å². The molecular formula is C11H15FO7. The summed E-state index contributed by atoms with van der Waals surface area (Å²) in [6, 6.07) is 0. The summed E-state index contributed by atoms with van der Waals surface area (Å²) in [6.45, 7) is 3.07. The van der Waals surface area contributed by atoms with Crippen molar-refractivity contribution in [2.24, 2.45) is 0 Å². The Balaban J connectivity index is 2.71. The van der Waals surface area contributed by atoms with Crippen molar-refractivity contribution in [3.63, 3.8) is 0 Å². The maximum Gasteiger partial charge on any atom is 0.305 e. The molecule has 0 bridgehead atoms. The van der Waals surface area contributed by atoms with Crippen LogP contribution in [0.1, 0.15) is 20.8 Å². The van der Waals surface area contributed by atoms with Gasteiger partial charge in [0.05, 0.1) is 0 Å². The van der Waals surface area contributed by atoms with Crippen molar-refractivity contribution in [2.75, 3.05) is 6.61 Å². The zero-order valence-electron chi connectivity index (χ0n) is 10.8. The fourth-order valence-electron chi connectivity index (χ4n) is 1.61. The summed E-state index contributed by atoms with van der Waals surface area (Å²) in [4.78, 5) is 32.4. The third kappa shape index (κ3) is 4.47. The van der Waals surface area contributed by atoms with Crippen molar-refractivity contribution in [1.29, 1.82) is 0 Å². The highest BCUT2D eigenvalue weighted by Crippen LogP contribution is 2.28. The third-order valence-corrected chi connectivity index (χ3v) is 2.28. The molecular weight excluding hydrogens is 263 g/mol. The first kappa shape index (κ1) is 15.4. The van der Waals surface area contributed by atoms with Gasteiger partial charge < -0.3 is 18.9 Å². The predicted octanol–water partition coefficient (Wildman–Crippen LogP) is 0.107. The van der Waals surface area contributed by atoms with Crippen LogP contribution in [0.4, 0.5) is 4.39 Å². The molecule has 1 aliphatic heterocycles. The topological polar surface area (TPSA) is 88.1 Å². The Hall–Kier alpha value is -1.70. The molecule has 1 saturated heterocycles. The smallest absolute Gasteiger partial charge is 0.305 e. The maximum atomic E-state index is 13.9. The van der Waals surface area contributed by atoms with Gasteiger partial charge in [0.15, 0.2) is 6.10 Å². The highest BCUT2D eigenvalue weighted by atomic mass is 19.1. The normalized spacial score (nSPS) is 29.7. The van der Waals surface area contributed by atoms with Crippen LogP contribution in [0.2, 0.25) is 0 Å². The average Bonchev–Trinajstić information content (AvgIpc) is 2.53. The van der Waals surface area contributed by atoms with Crippen LogP contribution >= 0.6 is 0 Å². The van der Waals surface area contributed by atoms with Gasteiger partial charge in [-0.3, -0.25) is 14.4 Å². The lowest BCUT2D eigenvalue weighted by atomic mass is 10.1. The molecule has 7 nitrogen and oxygen atoms in total. The van der Waals surface area contributed by atoms with Crippen molar-refractivity contribution in [1.82, 2.24) is 0 Å². The van der Waals surface area contributed by atoms with Gasteiger partial charge in [-0.15, -0.1) is 0 Å². The van der Waals surface area contributed by atoms with Crippen LogP contribution in [0, 0.1) is 0 Å². The molecule has 108 valence electrons. The minimum Gasteiger partial charge on any atom is -0.463 e. The molecule has 0 aromatic heterocycles. The lowest BCUT2D eigenvalue weighted by Crippen LogP contribution is -2.37. The van der Waals surface area contributed by atoms with E-state index in [1.54, 1.807) is 0 Å². The van der Waals surface area contributed by atoms with Gasteiger partial charge in [0.1, 0.15) is 12.7 Å². The number of rotatable bonds is 4. The Kier molecular flexibility index (Phi) is 5.22. The highest BCUT2D eigenvalue weighted by molar-refractivity contribution is 5.67. The van der Waals surface area contributed by atoms with Crippen LogP contribution in [0.25, 0.3) is 0 Å². The zero-order chi connectivity index (χ0) is 14.6. The molecule has 0 aliphatic carbocycles. The SMILES string of the molecule is CC(=O)OC[C@H]1O[C@@H](OC(C)=O)[C@@H](F)[C@@H]1OC(C)=O. The molecule has 1 heterocycles. The number of esters is 3. The lowest BCUT2D eigenvalue weighted by molar-refractivity contribution is -0.184. The van der Waals surface area contributed by atoms with Crippen LogP contribution in [0.3, 0.4) is 0 Å². The van der Waals surface area contributed by atoms with E-state index in [0.717, 1.165) is 13.8 Å². The highest BCUT2D eigenvalue weighted by Gasteiger charge is 2.49. The van der Waals surface area contributed by atoms with Gasteiger partial charge in [0.25, 0.3) is 0 Å². The molecule has 0 N–H and O–H groups in total. The van der Waals surface area contributed by atoms with Gasteiger partial charge in [-0.2, -0.15) is 0 Å². The van der Waals surface area contributed by atoms with Crippen LogP contribution < -0.4 is 0 Å². The van der Waals surface area contributed by atoms with E-state index in [9.17, 15) is 18.8 Å². The number of halogens is 1. The van der Waals surface area contributed by atoms with Crippen molar-refractivity contribution in [3.8, 4) is 0 Å². The van der Waals surface area contributed by atoms with Gasteiger partial charge in [-0.25, -0.2) is 4.39 Å². The fourth-order valence-corrected chi connectivity index (χ4v) is 1.61. The van der Waals surface area contributed by atoms with E-state index in [0.29, 0.717) is 0 Å². The first-order valence-electron chi connectivity index (χ1n) is 5.58. The Bertz CT molecular complexity index is 370. The van der Waals surface area contributed by atoms with Crippen LogP contribution in [-0.2, 0) is 33.3 Å². The van der Waals surface area contributed by atoms with Crippen molar-refractivity contribution in [3.05, 3.63) is 0 Å². The Morgan fingerprint density at radius 1 is 1.05 bits per heavy atom. The summed E-state index contributed by atoms with van der Waals surface area (Å²) in [5, 5.41) is 0. The minimum atomic E-state index is -1.84. The zero-order valence-corrected chi connectivity index (χ0v) is 10.8. The predicted molar refractivity (Wildman–Crippen MR) is 57.5 cm³/mol. The third-order valence-electron chi connectivity index (χ3n) is 2.28. The molecule has 0 amide bonds. The lowest BCUT2D eigenvalue weighted by Gasteiger charge is -2.17. The Morgan fingerprint density at radius 2 is 1.63 bits per heavy atom. The van der Waals surface area contributed by atoms with E-state index in [2.05, 4.69) is 9.47 Å². The summed E-state index contributed by atoms with van der Waals surface area (Å²) in [5.41, 5.74) is 0. The number of carbonyl (C=O) groups is 3. The molecule has 0 aromatic carbocycles. The molecule has 0 aromatic rings. The number of hydrogen-bond donors (Lipinski definition) is 0.